The molecule has 0 aliphatic heterocycles. The Balaban J connectivity index is 1.52. The van der Waals surface area contributed by atoms with Crippen LogP contribution in [0, 0.1) is 29.1 Å². The molecule has 0 saturated heterocycles. The number of hydrogen-bond acceptors (Lipinski definition) is 4. The number of hydrogen-bond donors (Lipinski definition) is 1. The normalized spacial score (nSPS) is 31.3. The summed E-state index contributed by atoms with van der Waals surface area (Å²) >= 11 is 0. The molecule has 7 atom stereocenters. The third-order valence-corrected chi connectivity index (χ3v) is 23.9. The molecule has 0 aromatic carbocycles. The maximum absolute atomic E-state index is 10.7. The Bertz CT molecular complexity index is 1090. The van der Waals surface area contributed by atoms with E-state index in [1.807, 2.05) is 0 Å². The average molecular weight is 703 g/mol. The quantitative estimate of drug-likeness (QED) is 0.153. The number of aliphatic hydroxyl groups is 1. The summed E-state index contributed by atoms with van der Waals surface area (Å²) in [4.78, 5) is 0. The monoisotopic (exact) mass is 703 g/mol. The standard InChI is InChI=1S/C42H78O4Si2/c1-15-41(43,16-2)24-17-27-44-31(4)34-22-23-35-33(20-18-30(3)38(34)35)21-19-32-28-36(45-47(11,12)39(5,6)7)42(25-26-42)37(29-32)46-48(13,14)40(8,9)10/h19,21,30-31,34-38,43H,15-18,20,22-29H2,1-14H3/b33-21+/t30-,31-,34?,35?,36-,37-,38?/m1/s1. The van der Waals surface area contributed by atoms with Crippen LogP contribution in [0.2, 0.25) is 36.3 Å². The van der Waals surface area contributed by atoms with Gasteiger partial charge in [-0.2, -0.15) is 0 Å². The molecule has 6 heteroatoms. The van der Waals surface area contributed by atoms with Crippen molar-refractivity contribution in [2.24, 2.45) is 29.1 Å². The number of allylic oxidation sites excluding steroid dienone is 3. The lowest BCUT2D eigenvalue weighted by Gasteiger charge is -2.49. The van der Waals surface area contributed by atoms with Crippen LogP contribution in [0.25, 0.3) is 0 Å². The minimum Gasteiger partial charge on any atom is -0.413 e. The molecule has 4 saturated carbocycles. The van der Waals surface area contributed by atoms with Gasteiger partial charge in [0, 0.05) is 12.0 Å². The van der Waals surface area contributed by atoms with Crippen molar-refractivity contribution in [1.29, 1.82) is 0 Å². The van der Waals surface area contributed by atoms with Crippen molar-refractivity contribution in [3.05, 3.63) is 23.3 Å². The zero-order chi connectivity index (χ0) is 35.9. The summed E-state index contributed by atoms with van der Waals surface area (Å²) in [6.45, 7) is 33.8. The smallest absolute Gasteiger partial charge is 0.192 e. The molecule has 0 radical (unpaired) electrons. The number of ether oxygens (including phenoxy) is 1. The van der Waals surface area contributed by atoms with E-state index in [4.69, 9.17) is 13.6 Å². The Morgan fingerprint density at radius 1 is 0.854 bits per heavy atom. The molecule has 4 nitrogen and oxygen atoms in total. The predicted molar refractivity (Wildman–Crippen MR) is 209 cm³/mol. The van der Waals surface area contributed by atoms with Crippen LogP contribution in [-0.2, 0) is 13.6 Å². The second-order valence-electron chi connectivity index (χ2n) is 20.0. The first kappa shape index (κ1) is 40.5. The summed E-state index contributed by atoms with van der Waals surface area (Å²) in [7, 11) is -3.86. The van der Waals surface area contributed by atoms with Crippen LogP contribution in [0.5, 0.6) is 0 Å². The van der Waals surface area contributed by atoms with Gasteiger partial charge in [-0.05, 0) is 144 Å². The molecular weight excluding hydrogens is 625 g/mol. The molecule has 1 N–H and O–H groups in total. The van der Waals surface area contributed by atoms with Gasteiger partial charge in [0.05, 0.1) is 23.9 Å². The van der Waals surface area contributed by atoms with Gasteiger partial charge in [0.2, 0.25) is 0 Å². The van der Waals surface area contributed by atoms with E-state index >= 15 is 0 Å². The van der Waals surface area contributed by atoms with E-state index in [0.717, 1.165) is 51.0 Å². The molecule has 1 spiro atoms. The van der Waals surface area contributed by atoms with E-state index in [0.29, 0.717) is 17.8 Å². The highest BCUT2D eigenvalue weighted by atomic mass is 28.4. The first-order valence-corrected chi connectivity index (χ1v) is 26.0. The predicted octanol–water partition coefficient (Wildman–Crippen LogP) is 12.0. The molecule has 4 aliphatic rings. The van der Waals surface area contributed by atoms with Crippen molar-refractivity contribution in [3.63, 3.8) is 0 Å². The molecule has 0 aromatic rings. The Hall–Kier alpha value is -0.246. The van der Waals surface area contributed by atoms with E-state index in [-0.39, 0.29) is 33.8 Å². The average Bonchev–Trinajstić information content (AvgIpc) is 3.65. The third-order valence-electron chi connectivity index (χ3n) is 14.9. The maximum Gasteiger partial charge on any atom is 0.192 e. The molecule has 0 amide bonds. The van der Waals surface area contributed by atoms with E-state index in [2.05, 4.69) is 108 Å². The fraction of sp³-hybridized carbons (Fsp3) is 0.905. The number of fused-ring (bicyclic) bond motifs is 1. The van der Waals surface area contributed by atoms with Crippen molar-refractivity contribution in [2.45, 2.75) is 206 Å². The first-order valence-electron chi connectivity index (χ1n) is 20.2. The van der Waals surface area contributed by atoms with Crippen LogP contribution in [0.4, 0.5) is 0 Å². The van der Waals surface area contributed by atoms with Gasteiger partial charge in [-0.15, -0.1) is 0 Å². The van der Waals surface area contributed by atoms with Crippen LogP contribution in [0.15, 0.2) is 23.3 Å². The van der Waals surface area contributed by atoms with Crippen LogP contribution >= 0.6 is 0 Å². The van der Waals surface area contributed by atoms with Crippen molar-refractivity contribution in [3.8, 4) is 0 Å². The molecule has 0 heterocycles. The Morgan fingerprint density at radius 3 is 1.88 bits per heavy atom. The molecule has 4 aliphatic carbocycles. The topological polar surface area (TPSA) is 47.9 Å². The van der Waals surface area contributed by atoms with Gasteiger partial charge in [-0.1, -0.05) is 85.6 Å². The van der Waals surface area contributed by atoms with E-state index in [1.165, 1.54) is 38.5 Å². The Kier molecular flexibility index (Phi) is 12.7. The summed E-state index contributed by atoms with van der Waals surface area (Å²) < 4.78 is 21.2. The summed E-state index contributed by atoms with van der Waals surface area (Å²) in [5, 5.41) is 11.1. The van der Waals surface area contributed by atoms with Crippen LogP contribution < -0.4 is 0 Å². The van der Waals surface area contributed by atoms with Crippen molar-refractivity contribution in [2.75, 3.05) is 6.61 Å². The second-order valence-corrected chi connectivity index (χ2v) is 29.5. The lowest BCUT2D eigenvalue weighted by atomic mass is 9.68. The van der Waals surface area contributed by atoms with Gasteiger partial charge in [0.1, 0.15) is 0 Å². The van der Waals surface area contributed by atoms with E-state index < -0.39 is 22.2 Å². The minimum atomic E-state index is -1.93. The SMILES string of the molecule is CCC(O)(CC)CCCO[C@H](C)C1CCC2/C(=C/C=C3C[C@@H](O[Si](C)(C)C(C)(C)C)C4(CC4)[C@H](O[Si](C)(C)C(C)(C)C)C3)CC[C@@H](C)C21. The first-order chi connectivity index (χ1) is 22.1. The van der Waals surface area contributed by atoms with Gasteiger partial charge in [-0.25, -0.2) is 0 Å². The highest BCUT2D eigenvalue weighted by Crippen LogP contribution is 2.62. The zero-order valence-corrected chi connectivity index (χ0v) is 36.1. The lowest BCUT2D eigenvalue weighted by molar-refractivity contribution is -0.0218. The summed E-state index contributed by atoms with van der Waals surface area (Å²) in [5.41, 5.74) is 2.91. The summed E-state index contributed by atoms with van der Waals surface area (Å²) in [5.74, 6) is 2.78. The van der Waals surface area contributed by atoms with Crippen molar-refractivity contribution >= 4 is 16.6 Å². The van der Waals surface area contributed by atoms with E-state index in [9.17, 15) is 5.11 Å². The van der Waals surface area contributed by atoms with E-state index in [1.54, 1.807) is 11.1 Å². The Labute approximate surface area is 299 Å². The largest absolute Gasteiger partial charge is 0.413 e. The summed E-state index contributed by atoms with van der Waals surface area (Å²) in [6.07, 6.45) is 19.1. The van der Waals surface area contributed by atoms with Gasteiger partial charge in [0.15, 0.2) is 16.6 Å². The van der Waals surface area contributed by atoms with Crippen LogP contribution in [0.1, 0.15) is 146 Å². The molecule has 3 unspecified atom stereocenters. The van der Waals surface area contributed by atoms with Gasteiger partial charge < -0.3 is 18.7 Å². The molecule has 0 aromatic heterocycles. The highest BCUT2D eigenvalue weighted by Gasteiger charge is 2.61. The lowest BCUT2D eigenvalue weighted by Crippen LogP contribution is -2.54. The molecule has 4 rings (SSSR count). The molecule has 0 bridgehead atoms. The molecule has 4 fully saturated rings. The van der Waals surface area contributed by atoms with Crippen molar-refractivity contribution in [1.82, 2.24) is 0 Å². The van der Waals surface area contributed by atoms with Crippen LogP contribution in [-0.4, -0.2) is 52.3 Å². The molecular formula is C42H78O4Si2. The zero-order valence-electron chi connectivity index (χ0n) is 34.1. The van der Waals surface area contributed by atoms with Gasteiger partial charge >= 0.3 is 0 Å². The highest BCUT2D eigenvalue weighted by molar-refractivity contribution is 6.74. The third kappa shape index (κ3) is 8.85. The second kappa shape index (κ2) is 15.0. The fourth-order valence-corrected chi connectivity index (χ4v) is 11.7. The fourth-order valence-electron chi connectivity index (χ4n) is 8.94. The number of rotatable bonds is 13. The molecule has 278 valence electrons. The van der Waals surface area contributed by atoms with Crippen LogP contribution in [0.3, 0.4) is 0 Å². The summed E-state index contributed by atoms with van der Waals surface area (Å²) in [6, 6.07) is 0. The van der Waals surface area contributed by atoms with Gasteiger partial charge in [0.25, 0.3) is 0 Å². The van der Waals surface area contributed by atoms with Gasteiger partial charge in [-0.3, -0.25) is 0 Å². The Morgan fingerprint density at radius 2 is 1.40 bits per heavy atom. The maximum atomic E-state index is 10.7. The van der Waals surface area contributed by atoms with Crippen molar-refractivity contribution < 1.29 is 18.7 Å². The minimum absolute atomic E-state index is 0.196. The molecule has 48 heavy (non-hydrogen) atoms.